The molecule has 0 unspecified atom stereocenters. The van der Waals surface area contributed by atoms with Crippen molar-refractivity contribution in [1.29, 1.82) is 0 Å². The number of carbonyl (C=O) groups is 1. The molecule has 0 spiro atoms. The molecule has 32 heavy (non-hydrogen) atoms. The Bertz CT molecular complexity index is 1420. The molecule has 5 rings (SSSR count). The van der Waals surface area contributed by atoms with E-state index in [2.05, 4.69) is 10.4 Å². The van der Waals surface area contributed by atoms with Crippen LogP contribution in [-0.2, 0) is 0 Å². The summed E-state index contributed by atoms with van der Waals surface area (Å²) in [6.07, 6.45) is 0. The smallest absolute Gasteiger partial charge is 0.341 e. The predicted octanol–water partition coefficient (Wildman–Crippen LogP) is 5.14. The van der Waals surface area contributed by atoms with Gasteiger partial charge < -0.3 is 11.1 Å². The van der Waals surface area contributed by atoms with Crippen LogP contribution in [0.15, 0.2) is 84.9 Å². The second kappa shape index (κ2) is 7.96. The van der Waals surface area contributed by atoms with Crippen molar-refractivity contribution in [3.8, 4) is 22.6 Å². The van der Waals surface area contributed by atoms with Crippen LogP contribution >= 0.6 is 0 Å². The first kappa shape index (κ1) is 19.4. The molecule has 0 atom stereocenters. The predicted molar refractivity (Wildman–Crippen MR) is 126 cm³/mol. The molecule has 0 fully saturated rings. The first-order chi connectivity index (χ1) is 15.6. The SMILES string of the molecule is Cc1ccc(-c2cc(Nc3nc(-c4ccccc4)nc4ccccc34)n(C(N)=O)n2)cc1. The van der Waals surface area contributed by atoms with Gasteiger partial charge in [-0.25, -0.2) is 14.8 Å². The van der Waals surface area contributed by atoms with Gasteiger partial charge in [0.2, 0.25) is 0 Å². The Kier molecular flexibility index (Phi) is 4.84. The summed E-state index contributed by atoms with van der Waals surface area (Å²) in [6.45, 7) is 2.02. The molecular formula is C25H20N6O. The van der Waals surface area contributed by atoms with Gasteiger partial charge in [0.25, 0.3) is 0 Å². The van der Waals surface area contributed by atoms with Crippen molar-refractivity contribution < 1.29 is 4.79 Å². The molecule has 0 aliphatic rings. The van der Waals surface area contributed by atoms with Gasteiger partial charge in [0.05, 0.1) is 11.2 Å². The van der Waals surface area contributed by atoms with Gasteiger partial charge in [-0.1, -0.05) is 72.3 Å². The molecule has 0 saturated heterocycles. The Balaban J connectivity index is 1.62. The van der Waals surface area contributed by atoms with E-state index in [1.54, 1.807) is 6.07 Å². The summed E-state index contributed by atoms with van der Waals surface area (Å²) in [5, 5.41) is 8.48. The minimum atomic E-state index is -0.687. The van der Waals surface area contributed by atoms with E-state index < -0.39 is 6.03 Å². The monoisotopic (exact) mass is 420 g/mol. The van der Waals surface area contributed by atoms with Gasteiger partial charge in [0.15, 0.2) is 5.82 Å². The Morgan fingerprint density at radius 1 is 0.875 bits per heavy atom. The van der Waals surface area contributed by atoms with E-state index in [1.807, 2.05) is 85.8 Å². The van der Waals surface area contributed by atoms with Crippen molar-refractivity contribution in [1.82, 2.24) is 19.7 Å². The fraction of sp³-hybridized carbons (Fsp3) is 0.0400. The van der Waals surface area contributed by atoms with E-state index in [-0.39, 0.29) is 0 Å². The number of primary amides is 1. The summed E-state index contributed by atoms with van der Waals surface area (Å²) in [4.78, 5) is 21.6. The summed E-state index contributed by atoms with van der Waals surface area (Å²) >= 11 is 0. The number of aromatic nitrogens is 4. The van der Waals surface area contributed by atoms with Crippen molar-refractivity contribution in [3.05, 3.63) is 90.5 Å². The summed E-state index contributed by atoms with van der Waals surface area (Å²) in [6, 6.07) is 26.5. The lowest BCUT2D eigenvalue weighted by molar-refractivity contribution is 0.248. The van der Waals surface area contributed by atoms with Gasteiger partial charge in [0.1, 0.15) is 11.6 Å². The molecule has 0 aliphatic carbocycles. The molecule has 3 N–H and O–H groups in total. The van der Waals surface area contributed by atoms with Crippen molar-refractivity contribution in [3.63, 3.8) is 0 Å². The zero-order chi connectivity index (χ0) is 22.1. The molecule has 156 valence electrons. The van der Waals surface area contributed by atoms with Crippen LogP contribution in [0.4, 0.5) is 16.4 Å². The number of amides is 1. The lowest BCUT2D eigenvalue weighted by Gasteiger charge is -2.11. The van der Waals surface area contributed by atoms with E-state index in [0.29, 0.717) is 23.2 Å². The van der Waals surface area contributed by atoms with Crippen LogP contribution in [0.5, 0.6) is 0 Å². The Hall–Kier alpha value is -4.52. The van der Waals surface area contributed by atoms with Gasteiger partial charge in [-0.05, 0) is 19.1 Å². The van der Waals surface area contributed by atoms with Crippen LogP contribution < -0.4 is 11.1 Å². The molecule has 7 nitrogen and oxygen atoms in total. The highest BCUT2D eigenvalue weighted by Crippen LogP contribution is 2.29. The number of nitrogens with one attached hydrogen (secondary N) is 1. The second-order valence-electron chi connectivity index (χ2n) is 7.43. The number of nitrogens with two attached hydrogens (primary N) is 1. The van der Waals surface area contributed by atoms with Crippen LogP contribution in [-0.4, -0.2) is 25.8 Å². The normalized spacial score (nSPS) is 10.9. The van der Waals surface area contributed by atoms with Crippen molar-refractivity contribution in [2.45, 2.75) is 6.92 Å². The quantitative estimate of drug-likeness (QED) is 0.419. The Morgan fingerprint density at radius 2 is 1.59 bits per heavy atom. The first-order valence-corrected chi connectivity index (χ1v) is 10.1. The number of anilines is 2. The van der Waals surface area contributed by atoms with Crippen LogP contribution in [0.3, 0.4) is 0 Å². The maximum atomic E-state index is 12.1. The van der Waals surface area contributed by atoms with E-state index in [1.165, 1.54) is 0 Å². The number of carbonyl (C=O) groups excluding carboxylic acids is 1. The number of nitrogens with zero attached hydrogens (tertiary/aromatic N) is 4. The maximum absolute atomic E-state index is 12.1. The van der Waals surface area contributed by atoms with Crippen molar-refractivity contribution in [2.75, 3.05) is 5.32 Å². The summed E-state index contributed by atoms with van der Waals surface area (Å²) in [7, 11) is 0. The number of para-hydroxylation sites is 1. The van der Waals surface area contributed by atoms with E-state index in [9.17, 15) is 4.79 Å². The number of fused-ring (bicyclic) bond motifs is 1. The highest BCUT2D eigenvalue weighted by Gasteiger charge is 2.16. The Morgan fingerprint density at radius 3 is 2.34 bits per heavy atom. The zero-order valence-corrected chi connectivity index (χ0v) is 17.4. The zero-order valence-electron chi connectivity index (χ0n) is 17.4. The van der Waals surface area contributed by atoms with Crippen LogP contribution in [0, 0.1) is 6.92 Å². The topological polar surface area (TPSA) is 98.7 Å². The fourth-order valence-electron chi connectivity index (χ4n) is 3.51. The number of hydrogen-bond donors (Lipinski definition) is 2. The average Bonchev–Trinajstić information content (AvgIpc) is 3.24. The molecular weight excluding hydrogens is 400 g/mol. The van der Waals surface area contributed by atoms with Gasteiger partial charge >= 0.3 is 6.03 Å². The first-order valence-electron chi connectivity index (χ1n) is 10.1. The third kappa shape index (κ3) is 3.67. The van der Waals surface area contributed by atoms with Crippen LogP contribution in [0.25, 0.3) is 33.5 Å². The minimum Gasteiger partial charge on any atom is -0.350 e. The standard InChI is InChI=1S/C25H20N6O/c1-16-11-13-17(14-12-16)21-15-22(31(30-21)25(26)32)28-24-19-9-5-6-10-20(19)27-23(29-24)18-7-3-2-4-8-18/h2-15H,1H3,(H2,26,32)(H,27,28,29). The van der Waals surface area contributed by atoms with Gasteiger partial charge in [0, 0.05) is 22.6 Å². The lowest BCUT2D eigenvalue weighted by Crippen LogP contribution is -2.22. The van der Waals surface area contributed by atoms with Crippen molar-refractivity contribution in [2.24, 2.45) is 5.73 Å². The van der Waals surface area contributed by atoms with Gasteiger partial charge in [-0.2, -0.15) is 9.78 Å². The molecule has 7 heteroatoms. The molecule has 0 radical (unpaired) electrons. The van der Waals surface area contributed by atoms with Gasteiger partial charge in [-0.15, -0.1) is 0 Å². The number of benzene rings is 3. The second-order valence-corrected chi connectivity index (χ2v) is 7.43. The Labute approximate surface area is 184 Å². The molecule has 3 aromatic carbocycles. The maximum Gasteiger partial charge on any atom is 0.341 e. The third-order valence-electron chi connectivity index (χ3n) is 5.15. The number of rotatable bonds is 4. The molecule has 0 aliphatic heterocycles. The van der Waals surface area contributed by atoms with E-state index in [4.69, 9.17) is 15.7 Å². The number of aryl methyl sites for hydroxylation is 1. The molecule has 5 aromatic rings. The summed E-state index contributed by atoms with van der Waals surface area (Å²) in [5.74, 6) is 1.57. The van der Waals surface area contributed by atoms with E-state index >= 15 is 0 Å². The highest BCUT2D eigenvalue weighted by atomic mass is 16.2. The number of hydrogen-bond acceptors (Lipinski definition) is 5. The third-order valence-corrected chi connectivity index (χ3v) is 5.15. The fourth-order valence-corrected chi connectivity index (χ4v) is 3.51. The highest BCUT2D eigenvalue weighted by molar-refractivity contribution is 5.93. The molecule has 0 bridgehead atoms. The minimum absolute atomic E-state index is 0.427. The van der Waals surface area contributed by atoms with Crippen LogP contribution in [0.1, 0.15) is 5.56 Å². The molecule has 1 amide bonds. The molecule has 2 heterocycles. The van der Waals surface area contributed by atoms with E-state index in [0.717, 1.165) is 32.3 Å². The molecule has 2 aromatic heterocycles. The average molecular weight is 420 g/mol. The van der Waals surface area contributed by atoms with Crippen LogP contribution in [0.2, 0.25) is 0 Å². The molecule has 0 saturated carbocycles. The van der Waals surface area contributed by atoms with Crippen molar-refractivity contribution >= 4 is 28.6 Å². The lowest BCUT2D eigenvalue weighted by atomic mass is 10.1. The summed E-state index contributed by atoms with van der Waals surface area (Å²) < 4.78 is 1.15. The summed E-state index contributed by atoms with van der Waals surface area (Å²) in [5.41, 5.74) is 9.94. The largest absolute Gasteiger partial charge is 0.350 e. The van der Waals surface area contributed by atoms with Gasteiger partial charge in [-0.3, -0.25) is 0 Å².